The molecule has 0 aliphatic heterocycles. The number of aromatic nitrogens is 1. The third-order valence-electron chi connectivity index (χ3n) is 2.12. The van der Waals surface area contributed by atoms with E-state index < -0.39 is 18.4 Å². The van der Waals surface area contributed by atoms with Gasteiger partial charge >= 0.3 is 5.97 Å². The van der Waals surface area contributed by atoms with Crippen molar-refractivity contribution in [2.24, 2.45) is 0 Å². The fourth-order valence-electron chi connectivity index (χ4n) is 1.32. The van der Waals surface area contributed by atoms with Crippen LogP contribution in [0.25, 0.3) is 0 Å². The van der Waals surface area contributed by atoms with Crippen molar-refractivity contribution in [3.63, 3.8) is 0 Å². The van der Waals surface area contributed by atoms with Crippen LogP contribution in [-0.2, 0) is 10.5 Å². The molecule has 0 radical (unpaired) electrons. The van der Waals surface area contributed by atoms with Crippen molar-refractivity contribution in [3.8, 4) is 12.3 Å². The summed E-state index contributed by atoms with van der Waals surface area (Å²) in [5, 5.41) is 12.4. The van der Waals surface area contributed by atoms with Gasteiger partial charge in [-0.3, -0.25) is 9.59 Å². The lowest BCUT2D eigenvalue weighted by atomic mass is 10.3. The minimum Gasteiger partial charge on any atom is -0.480 e. The highest BCUT2D eigenvalue weighted by Gasteiger charge is 2.21. The van der Waals surface area contributed by atoms with E-state index >= 15 is 0 Å². The first-order valence-corrected chi connectivity index (χ1v) is 6.71. The summed E-state index contributed by atoms with van der Waals surface area (Å²) in [6, 6.07) is 1.51. The number of hydrogen-bond donors (Lipinski definition) is 1. The van der Waals surface area contributed by atoms with Gasteiger partial charge in [0, 0.05) is 6.07 Å². The number of carbonyl (C=O) groups excluding carboxylic acids is 1. The number of hydrogen-bond acceptors (Lipinski definition) is 5. The van der Waals surface area contributed by atoms with Crippen LogP contribution in [0.1, 0.15) is 23.2 Å². The lowest BCUT2D eigenvalue weighted by Crippen LogP contribution is -2.36. The van der Waals surface area contributed by atoms with Crippen molar-refractivity contribution in [2.45, 2.75) is 12.7 Å². The Morgan fingerprint density at radius 1 is 1.63 bits per heavy atom. The van der Waals surface area contributed by atoms with Crippen molar-refractivity contribution in [2.75, 3.05) is 18.8 Å². The number of terminal acetylenes is 1. The molecule has 0 atom stereocenters. The van der Waals surface area contributed by atoms with Gasteiger partial charge in [-0.15, -0.1) is 6.42 Å². The standard InChI is InChI=1S/C12H14N2O4S/c1-3-5-14(7-11(15)16)12(17)10-6-9(18-13-10)8-19-4-2/h1,6H,4-5,7-8H2,2H3,(H,15,16). The largest absolute Gasteiger partial charge is 0.480 e. The molecule has 1 heterocycles. The van der Waals surface area contributed by atoms with Crippen molar-refractivity contribution in [1.82, 2.24) is 10.1 Å². The van der Waals surface area contributed by atoms with Crippen molar-refractivity contribution >= 4 is 23.6 Å². The summed E-state index contributed by atoms with van der Waals surface area (Å²) >= 11 is 1.63. The number of thioether (sulfide) groups is 1. The molecule has 0 bridgehead atoms. The first kappa shape index (κ1) is 15.1. The van der Waals surface area contributed by atoms with Gasteiger partial charge in [0.05, 0.1) is 12.3 Å². The molecule has 0 saturated heterocycles. The molecule has 0 unspecified atom stereocenters. The van der Waals surface area contributed by atoms with E-state index in [2.05, 4.69) is 11.1 Å². The summed E-state index contributed by atoms with van der Waals surface area (Å²) in [5.74, 6) is 2.68. The van der Waals surface area contributed by atoms with Crippen LogP contribution < -0.4 is 0 Å². The Morgan fingerprint density at radius 2 is 2.37 bits per heavy atom. The van der Waals surface area contributed by atoms with Gasteiger partial charge in [0.1, 0.15) is 12.3 Å². The molecular formula is C12H14N2O4S. The smallest absolute Gasteiger partial charge is 0.323 e. The van der Waals surface area contributed by atoms with Gasteiger partial charge in [0.25, 0.3) is 5.91 Å². The molecule has 7 heteroatoms. The van der Waals surface area contributed by atoms with E-state index in [0.29, 0.717) is 11.5 Å². The second-order valence-corrected chi connectivity index (χ2v) is 4.85. The summed E-state index contributed by atoms with van der Waals surface area (Å²) < 4.78 is 5.00. The van der Waals surface area contributed by atoms with E-state index in [4.69, 9.17) is 16.1 Å². The Bertz CT molecular complexity index is 492. The third-order valence-corrected chi connectivity index (χ3v) is 3.02. The van der Waals surface area contributed by atoms with E-state index in [1.807, 2.05) is 6.92 Å². The number of carboxylic acid groups (broad SMARTS) is 1. The van der Waals surface area contributed by atoms with Gasteiger partial charge in [-0.2, -0.15) is 11.8 Å². The summed E-state index contributed by atoms with van der Waals surface area (Å²) in [6.07, 6.45) is 5.11. The van der Waals surface area contributed by atoms with Crippen molar-refractivity contribution < 1.29 is 19.2 Å². The normalized spacial score (nSPS) is 9.89. The Morgan fingerprint density at radius 3 is 2.95 bits per heavy atom. The Labute approximate surface area is 115 Å². The maximum Gasteiger partial charge on any atom is 0.323 e. The number of rotatable bonds is 7. The summed E-state index contributed by atoms with van der Waals surface area (Å²) in [7, 11) is 0. The summed E-state index contributed by atoms with van der Waals surface area (Å²) in [5.41, 5.74) is 0.0724. The summed E-state index contributed by atoms with van der Waals surface area (Å²) in [4.78, 5) is 23.7. The predicted octanol–water partition coefficient (Wildman–Crippen LogP) is 1.09. The fraction of sp³-hybridized carbons (Fsp3) is 0.417. The number of aliphatic carboxylic acids is 1. The fourth-order valence-corrected chi connectivity index (χ4v) is 1.86. The average Bonchev–Trinajstić information content (AvgIpc) is 2.83. The van der Waals surface area contributed by atoms with Crippen LogP contribution in [0.2, 0.25) is 0 Å². The zero-order chi connectivity index (χ0) is 14.3. The van der Waals surface area contributed by atoms with Gasteiger partial charge in [-0.1, -0.05) is 18.0 Å². The van der Waals surface area contributed by atoms with Crippen molar-refractivity contribution in [3.05, 3.63) is 17.5 Å². The van der Waals surface area contributed by atoms with Crippen LogP contribution in [0, 0.1) is 12.3 Å². The average molecular weight is 282 g/mol. The molecule has 1 rings (SSSR count). The van der Waals surface area contributed by atoms with Crippen LogP contribution in [-0.4, -0.2) is 45.9 Å². The van der Waals surface area contributed by atoms with E-state index in [9.17, 15) is 9.59 Å². The quantitative estimate of drug-likeness (QED) is 0.754. The molecule has 0 saturated carbocycles. The number of carbonyl (C=O) groups is 2. The second kappa shape index (κ2) is 7.48. The first-order chi connectivity index (χ1) is 9.08. The SMILES string of the molecule is C#CCN(CC(=O)O)C(=O)c1cc(CSCC)on1. The molecule has 1 amide bonds. The highest BCUT2D eigenvalue weighted by atomic mass is 32.2. The van der Waals surface area contributed by atoms with E-state index in [1.54, 1.807) is 11.8 Å². The minimum atomic E-state index is -1.13. The number of carboxylic acids is 1. The molecule has 0 fully saturated rings. The molecule has 1 aromatic rings. The molecular weight excluding hydrogens is 268 g/mol. The van der Waals surface area contributed by atoms with Gasteiger partial charge < -0.3 is 14.5 Å². The first-order valence-electron chi connectivity index (χ1n) is 5.56. The maximum atomic E-state index is 12.0. The molecule has 1 N–H and O–H groups in total. The zero-order valence-electron chi connectivity index (χ0n) is 10.5. The van der Waals surface area contributed by atoms with Gasteiger partial charge in [-0.25, -0.2) is 0 Å². The lowest BCUT2D eigenvalue weighted by molar-refractivity contribution is -0.137. The number of amides is 1. The Hall–Kier alpha value is -1.94. The lowest BCUT2D eigenvalue weighted by Gasteiger charge is -2.15. The minimum absolute atomic E-state index is 0.0724. The van der Waals surface area contributed by atoms with Gasteiger partial charge in [0.2, 0.25) is 0 Å². The molecule has 0 spiro atoms. The molecule has 0 aliphatic carbocycles. The Balaban J connectivity index is 2.76. The topological polar surface area (TPSA) is 83.6 Å². The molecule has 0 aromatic carbocycles. The number of nitrogens with zero attached hydrogens (tertiary/aromatic N) is 2. The van der Waals surface area contributed by atoms with Crippen molar-refractivity contribution in [1.29, 1.82) is 0 Å². The van der Waals surface area contributed by atoms with Gasteiger partial charge in [0.15, 0.2) is 5.69 Å². The summed E-state index contributed by atoms with van der Waals surface area (Å²) in [6.45, 7) is 1.46. The van der Waals surface area contributed by atoms with Crippen LogP contribution in [0.15, 0.2) is 10.6 Å². The second-order valence-electron chi connectivity index (χ2n) is 3.57. The molecule has 6 nitrogen and oxygen atoms in total. The van der Waals surface area contributed by atoms with Crippen LogP contribution >= 0.6 is 11.8 Å². The third kappa shape index (κ3) is 4.67. The monoisotopic (exact) mass is 282 g/mol. The molecule has 1 aromatic heterocycles. The van der Waals surface area contributed by atoms with Crippen LogP contribution in [0.5, 0.6) is 0 Å². The zero-order valence-corrected chi connectivity index (χ0v) is 11.3. The maximum absolute atomic E-state index is 12.0. The predicted molar refractivity (Wildman–Crippen MR) is 70.7 cm³/mol. The molecule has 19 heavy (non-hydrogen) atoms. The highest BCUT2D eigenvalue weighted by Crippen LogP contribution is 2.14. The van der Waals surface area contributed by atoms with E-state index in [0.717, 1.165) is 10.7 Å². The highest BCUT2D eigenvalue weighted by molar-refractivity contribution is 7.98. The van der Waals surface area contributed by atoms with E-state index in [1.165, 1.54) is 6.07 Å². The van der Waals surface area contributed by atoms with Gasteiger partial charge in [-0.05, 0) is 5.75 Å². The molecule has 0 aliphatic rings. The van der Waals surface area contributed by atoms with Crippen LogP contribution in [0.3, 0.4) is 0 Å². The van der Waals surface area contributed by atoms with Crippen LogP contribution in [0.4, 0.5) is 0 Å². The Kier molecular flexibility index (Phi) is 5.96. The van der Waals surface area contributed by atoms with E-state index in [-0.39, 0.29) is 12.2 Å². The molecule has 102 valence electrons.